The van der Waals surface area contributed by atoms with Crippen molar-refractivity contribution in [2.45, 2.75) is 52.7 Å². The van der Waals surface area contributed by atoms with Crippen LogP contribution in [0.4, 0.5) is 24.3 Å². The molecule has 3 aromatic rings. The average molecular weight is 496 g/mol. The van der Waals surface area contributed by atoms with E-state index in [2.05, 4.69) is 22.1 Å². The van der Waals surface area contributed by atoms with Crippen molar-refractivity contribution in [1.29, 1.82) is 0 Å². The van der Waals surface area contributed by atoms with Crippen LogP contribution in [0.2, 0.25) is 0 Å². The van der Waals surface area contributed by atoms with Gasteiger partial charge >= 0.3 is 12.2 Å². The zero-order valence-electron chi connectivity index (χ0n) is 20.9. The van der Waals surface area contributed by atoms with E-state index in [0.29, 0.717) is 11.1 Å². The molecule has 1 amide bonds. The Labute approximate surface area is 208 Å². The van der Waals surface area contributed by atoms with Crippen LogP contribution in [0.1, 0.15) is 52.7 Å². The number of aromatic nitrogens is 2. The Bertz CT molecular complexity index is 1340. The minimum Gasteiger partial charge on any atom is -0.444 e. The molecule has 36 heavy (non-hydrogen) atoms. The summed E-state index contributed by atoms with van der Waals surface area (Å²) in [4.78, 5) is 29.7. The number of rotatable bonds is 2. The van der Waals surface area contributed by atoms with Gasteiger partial charge in [0.25, 0.3) is 0 Å². The first-order valence-corrected chi connectivity index (χ1v) is 11.1. The average Bonchev–Trinajstić information content (AvgIpc) is 3.12. The van der Waals surface area contributed by atoms with E-state index in [1.165, 1.54) is 6.20 Å². The molecule has 0 spiro atoms. The van der Waals surface area contributed by atoms with Gasteiger partial charge < -0.3 is 9.47 Å². The zero-order chi connectivity index (χ0) is 26.7. The van der Waals surface area contributed by atoms with Gasteiger partial charge in [0.15, 0.2) is 0 Å². The molecule has 1 N–H and O–H groups in total. The Balaban J connectivity index is 2.09. The van der Waals surface area contributed by atoms with Crippen molar-refractivity contribution in [2.24, 2.45) is 0 Å². The Morgan fingerprint density at radius 1 is 0.917 bits per heavy atom. The fraction of sp³-hybridized carbons (Fsp3) is 0.296. The number of nitrogens with one attached hydrogen (secondary N) is 1. The van der Waals surface area contributed by atoms with Gasteiger partial charge in [-0.2, -0.15) is 0 Å². The van der Waals surface area contributed by atoms with Crippen LogP contribution in [0.15, 0.2) is 48.7 Å². The molecule has 0 fully saturated rings. The molecule has 0 aliphatic rings. The number of ether oxygens (including phenoxy) is 2. The van der Waals surface area contributed by atoms with Crippen LogP contribution < -0.4 is 5.32 Å². The molecular weight excluding hydrogens is 468 g/mol. The highest BCUT2D eigenvalue weighted by Crippen LogP contribution is 2.28. The number of halogens is 2. The Kier molecular flexibility index (Phi) is 7.48. The normalized spacial score (nSPS) is 11.3. The minimum absolute atomic E-state index is 0.108. The Morgan fingerprint density at radius 3 is 2.14 bits per heavy atom. The van der Waals surface area contributed by atoms with Crippen molar-refractivity contribution < 1.29 is 27.8 Å². The van der Waals surface area contributed by atoms with Gasteiger partial charge in [-0.15, -0.1) is 0 Å². The minimum atomic E-state index is -0.831. The molecule has 0 unspecified atom stereocenters. The summed E-state index contributed by atoms with van der Waals surface area (Å²) in [6, 6.07) is 9.84. The lowest BCUT2D eigenvalue weighted by Crippen LogP contribution is -2.31. The number of hydrogen-bond acceptors (Lipinski definition) is 5. The third-order valence-electron chi connectivity index (χ3n) is 4.36. The van der Waals surface area contributed by atoms with Gasteiger partial charge in [-0.3, -0.25) is 5.32 Å². The quantitative estimate of drug-likeness (QED) is 0.419. The summed E-state index contributed by atoms with van der Waals surface area (Å²) in [6.07, 6.45) is -0.194. The predicted molar refractivity (Wildman–Crippen MR) is 131 cm³/mol. The maximum atomic E-state index is 13.6. The molecular formula is C27H27F2N3O4. The van der Waals surface area contributed by atoms with Gasteiger partial charge in [0.1, 0.15) is 22.8 Å². The molecule has 3 rings (SSSR count). The molecule has 0 saturated carbocycles. The topological polar surface area (TPSA) is 82.5 Å². The molecule has 0 saturated heterocycles. The molecule has 0 radical (unpaired) electrons. The highest BCUT2D eigenvalue weighted by molar-refractivity contribution is 5.89. The zero-order valence-corrected chi connectivity index (χ0v) is 20.9. The number of carbonyl (C=O) groups excluding carboxylic acids is 2. The lowest BCUT2D eigenvalue weighted by molar-refractivity contribution is 0.0542. The maximum absolute atomic E-state index is 13.6. The largest absolute Gasteiger partial charge is 0.444 e. The number of amides is 1. The van der Waals surface area contributed by atoms with Gasteiger partial charge in [0, 0.05) is 22.8 Å². The lowest BCUT2D eigenvalue weighted by atomic mass is 10.0. The summed E-state index contributed by atoms with van der Waals surface area (Å²) >= 11 is 0. The molecule has 9 heteroatoms. The Hall–Kier alpha value is -4.19. The second-order valence-electron chi connectivity index (χ2n) is 9.86. The molecule has 1 aromatic heterocycles. The van der Waals surface area contributed by atoms with Gasteiger partial charge in [0.2, 0.25) is 5.95 Å². The van der Waals surface area contributed by atoms with E-state index in [1.54, 1.807) is 65.8 Å². The first-order valence-electron chi connectivity index (χ1n) is 11.1. The van der Waals surface area contributed by atoms with E-state index in [-0.39, 0.29) is 17.2 Å². The third kappa shape index (κ3) is 7.15. The highest BCUT2D eigenvalue weighted by Gasteiger charge is 2.27. The van der Waals surface area contributed by atoms with E-state index in [9.17, 15) is 18.4 Å². The molecule has 2 aromatic carbocycles. The van der Waals surface area contributed by atoms with Crippen molar-refractivity contribution in [1.82, 2.24) is 9.55 Å². The summed E-state index contributed by atoms with van der Waals surface area (Å²) in [5, 5.41) is 2.48. The van der Waals surface area contributed by atoms with Gasteiger partial charge in [-0.1, -0.05) is 30.0 Å². The van der Waals surface area contributed by atoms with Crippen LogP contribution in [0.25, 0.3) is 11.3 Å². The smallest absolute Gasteiger partial charge is 0.421 e. The second-order valence-corrected chi connectivity index (χ2v) is 9.86. The van der Waals surface area contributed by atoms with Crippen LogP contribution in [0, 0.1) is 23.5 Å². The summed E-state index contributed by atoms with van der Waals surface area (Å²) in [5.41, 5.74) is -0.230. The molecule has 0 atom stereocenters. The van der Waals surface area contributed by atoms with Gasteiger partial charge in [0.05, 0.1) is 11.9 Å². The highest BCUT2D eigenvalue weighted by atomic mass is 19.1. The molecule has 0 aliphatic carbocycles. The number of hydrogen-bond donors (Lipinski definition) is 1. The lowest BCUT2D eigenvalue weighted by Gasteiger charge is -2.22. The first kappa shape index (κ1) is 26.4. The standard InChI is InChI=1S/C27H27F2N3O4/c1-26(2,3)35-24(33)31-23-30-16-22(32(23)25(34)36-27(4,5)6)21-10-8-7-9-18(21)12-11-17-13-19(28)15-20(29)14-17/h7-10,13-16H,1-6H3,(H,30,31,33). The van der Waals surface area contributed by atoms with Crippen LogP contribution in [0.3, 0.4) is 0 Å². The van der Waals surface area contributed by atoms with Gasteiger partial charge in [-0.25, -0.2) is 27.9 Å². The number of imidazole rings is 1. The summed E-state index contributed by atoms with van der Waals surface area (Å²) in [6.45, 7) is 10.2. The second kappa shape index (κ2) is 10.2. The Morgan fingerprint density at radius 2 is 1.53 bits per heavy atom. The van der Waals surface area contributed by atoms with Crippen molar-refractivity contribution in [3.8, 4) is 23.1 Å². The molecule has 188 valence electrons. The molecule has 1 heterocycles. The summed E-state index contributed by atoms with van der Waals surface area (Å²) in [5.74, 6) is 4.04. The van der Waals surface area contributed by atoms with Crippen molar-refractivity contribution in [3.05, 3.63) is 71.4 Å². The van der Waals surface area contributed by atoms with E-state index in [0.717, 1.165) is 22.8 Å². The van der Waals surface area contributed by atoms with Crippen molar-refractivity contribution >= 4 is 18.1 Å². The molecule has 0 aliphatic heterocycles. The number of nitrogens with zero attached hydrogens (tertiary/aromatic N) is 2. The predicted octanol–water partition coefficient (Wildman–Crippen LogP) is 6.36. The monoisotopic (exact) mass is 495 g/mol. The summed E-state index contributed by atoms with van der Waals surface area (Å²) in [7, 11) is 0. The number of carbonyl (C=O) groups is 2. The fourth-order valence-electron chi connectivity index (χ4n) is 3.10. The van der Waals surface area contributed by atoms with Crippen LogP contribution in [-0.2, 0) is 9.47 Å². The maximum Gasteiger partial charge on any atom is 0.421 e. The van der Waals surface area contributed by atoms with E-state index < -0.39 is 35.0 Å². The van der Waals surface area contributed by atoms with Crippen LogP contribution in [-0.4, -0.2) is 32.9 Å². The number of benzene rings is 2. The third-order valence-corrected chi connectivity index (χ3v) is 4.36. The molecule has 7 nitrogen and oxygen atoms in total. The van der Waals surface area contributed by atoms with Crippen molar-refractivity contribution in [3.63, 3.8) is 0 Å². The first-order chi connectivity index (χ1) is 16.7. The van der Waals surface area contributed by atoms with Crippen molar-refractivity contribution in [2.75, 3.05) is 5.32 Å². The van der Waals surface area contributed by atoms with Gasteiger partial charge in [-0.05, 0) is 59.7 Å². The summed E-state index contributed by atoms with van der Waals surface area (Å²) < 4.78 is 39.1. The van der Waals surface area contributed by atoms with E-state index in [4.69, 9.17) is 9.47 Å². The van der Waals surface area contributed by atoms with E-state index >= 15 is 0 Å². The van der Waals surface area contributed by atoms with Crippen LogP contribution >= 0.6 is 0 Å². The molecule has 0 bridgehead atoms. The number of anilines is 1. The fourth-order valence-corrected chi connectivity index (χ4v) is 3.10. The SMILES string of the molecule is CC(C)(C)OC(=O)Nc1ncc(-c2ccccc2C#Cc2cc(F)cc(F)c2)n1C(=O)OC(C)(C)C. The van der Waals surface area contributed by atoms with E-state index in [1.807, 2.05) is 0 Å². The van der Waals surface area contributed by atoms with Crippen LogP contribution in [0.5, 0.6) is 0 Å².